The van der Waals surface area contributed by atoms with E-state index in [2.05, 4.69) is 27.8 Å². The molecule has 1 fully saturated rings. The van der Waals surface area contributed by atoms with Gasteiger partial charge in [-0.2, -0.15) is 0 Å². The number of carbonyl (C=O) groups excluding carboxylic acids is 1. The summed E-state index contributed by atoms with van der Waals surface area (Å²) in [6, 6.07) is 11.7. The molecule has 1 heterocycles. The van der Waals surface area contributed by atoms with Crippen LogP contribution in [0.4, 0.5) is 0 Å². The summed E-state index contributed by atoms with van der Waals surface area (Å²) in [6.45, 7) is 3.15. The number of benzene rings is 1. The highest BCUT2D eigenvalue weighted by molar-refractivity contribution is 5.93. The van der Waals surface area contributed by atoms with E-state index < -0.39 is 0 Å². The van der Waals surface area contributed by atoms with Gasteiger partial charge in [-0.25, -0.2) is 0 Å². The summed E-state index contributed by atoms with van der Waals surface area (Å²) in [5, 5.41) is 6.36. The number of nitrogens with zero attached hydrogens (tertiary/aromatic N) is 1. The van der Waals surface area contributed by atoms with Crippen molar-refractivity contribution >= 4 is 5.91 Å². The first kappa shape index (κ1) is 17.4. The number of ether oxygens (including phenoxy) is 1. The minimum Gasteiger partial charge on any atom is -0.494 e. The van der Waals surface area contributed by atoms with E-state index in [1.54, 1.807) is 24.5 Å². The van der Waals surface area contributed by atoms with Crippen molar-refractivity contribution in [1.82, 2.24) is 15.6 Å². The van der Waals surface area contributed by atoms with Crippen LogP contribution in [0.1, 0.15) is 35.2 Å². The number of pyridine rings is 1. The SMILES string of the molecule is O=C(NCCCOc1cccc(CNCC2CC2)c1)c1cccnc1. The van der Waals surface area contributed by atoms with Gasteiger partial charge < -0.3 is 15.4 Å². The maximum atomic E-state index is 11.9. The number of hydrogen-bond donors (Lipinski definition) is 2. The molecule has 5 nitrogen and oxygen atoms in total. The predicted molar refractivity (Wildman–Crippen MR) is 97.6 cm³/mol. The van der Waals surface area contributed by atoms with Crippen LogP contribution in [-0.4, -0.2) is 30.6 Å². The molecule has 2 aromatic rings. The fraction of sp³-hybridized carbons (Fsp3) is 0.400. The first-order valence-corrected chi connectivity index (χ1v) is 8.92. The van der Waals surface area contributed by atoms with E-state index in [-0.39, 0.29) is 5.91 Å². The molecule has 1 aliphatic rings. The van der Waals surface area contributed by atoms with E-state index in [4.69, 9.17) is 4.74 Å². The Labute approximate surface area is 148 Å². The zero-order valence-electron chi connectivity index (χ0n) is 14.4. The molecule has 0 radical (unpaired) electrons. The van der Waals surface area contributed by atoms with E-state index >= 15 is 0 Å². The van der Waals surface area contributed by atoms with Gasteiger partial charge in [0.1, 0.15) is 5.75 Å². The molecular formula is C20H25N3O2. The number of carbonyl (C=O) groups is 1. The topological polar surface area (TPSA) is 63.2 Å². The summed E-state index contributed by atoms with van der Waals surface area (Å²) in [4.78, 5) is 15.8. The van der Waals surface area contributed by atoms with Crippen LogP contribution < -0.4 is 15.4 Å². The molecule has 25 heavy (non-hydrogen) atoms. The molecule has 2 N–H and O–H groups in total. The maximum absolute atomic E-state index is 11.9. The molecule has 1 aromatic carbocycles. The number of aromatic nitrogens is 1. The lowest BCUT2D eigenvalue weighted by Gasteiger charge is -2.09. The standard InChI is InChI=1S/C20H25N3O2/c24-20(18-5-2-9-21-15-18)23-10-3-11-25-19-6-1-4-17(12-19)14-22-13-16-7-8-16/h1-2,4-6,9,12,15-16,22H,3,7-8,10-11,13-14H2,(H,23,24). The molecule has 0 aliphatic heterocycles. The highest BCUT2D eigenvalue weighted by Crippen LogP contribution is 2.27. The quantitative estimate of drug-likeness (QED) is 0.654. The smallest absolute Gasteiger partial charge is 0.252 e. The second-order valence-corrected chi connectivity index (χ2v) is 6.42. The van der Waals surface area contributed by atoms with Crippen molar-refractivity contribution in [3.63, 3.8) is 0 Å². The lowest BCUT2D eigenvalue weighted by Crippen LogP contribution is -2.25. The van der Waals surface area contributed by atoms with Gasteiger partial charge in [0.25, 0.3) is 5.91 Å². The fourth-order valence-corrected chi connectivity index (χ4v) is 2.55. The molecule has 132 valence electrons. The van der Waals surface area contributed by atoms with Crippen molar-refractivity contribution in [2.24, 2.45) is 5.92 Å². The molecule has 0 saturated heterocycles. The van der Waals surface area contributed by atoms with Crippen molar-refractivity contribution < 1.29 is 9.53 Å². The molecule has 1 amide bonds. The predicted octanol–water partition coefficient (Wildman–Crippen LogP) is 2.78. The summed E-state index contributed by atoms with van der Waals surface area (Å²) in [6.07, 6.45) is 6.71. The Morgan fingerprint density at radius 3 is 2.96 bits per heavy atom. The number of amides is 1. The largest absolute Gasteiger partial charge is 0.494 e. The van der Waals surface area contributed by atoms with Gasteiger partial charge in [0.15, 0.2) is 0 Å². The van der Waals surface area contributed by atoms with Crippen molar-refractivity contribution in [3.8, 4) is 5.75 Å². The molecule has 3 rings (SSSR count). The highest BCUT2D eigenvalue weighted by Gasteiger charge is 2.20. The Bertz CT molecular complexity index is 672. The first-order chi connectivity index (χ1) is 12.3. The van der Waals surface area contributed by atoms with Gasteiger partial charge in [-0.3, -0.25) is 9.78 Å². The van der Waals surface area contributed by atoms with Gasteiger partial charge in [-0.15, -0.1) is 0 Å². The van der Waals surface area contributed by atoms with Gasteiger partial charge in [0.2, 0.25) is 0 Å². The number of nitrogens with one attached hydrogen (secondary N) is 2. The van der Waals surface area contributed by atoms with E-state index in [1.165, 1.54) is 18.4 Å². The fourth-order valence-electron chi connectivity index (χ4n) is 2.55. The van der Waals surface area contributed by atoms with Crippen LogP contribution >= 0.6 is 0 Å². The van der Waals surface area contributed by atoms with Crippen LogP contribution in [0.5, 0.6) is 5.75 Å². The molecule has 1 aromatic heterocycles. The molecule has 0 atom stereocenters. The van der Waals surface area contributed by atoms with E-state index in [9.17, 15) is 4.79 Å². The van der Waals surface area contributed by atoms with Crippen LogP contribution in [0.25, 0.3) is 0 Å². The normalized spacial score (nSPS) is 13.4. The van der Waals surface area contributed by atoms with Crippen LogP contribution in [-0.2, 0) is 6.54 Å². The molecule has 0 spiro atoms. The zero-order chi connectivity index (χ0) is 17.3. The summed E-state index contributed by atoms with van der Waals surface area (Å²) >= 11 is 0. The number of rotatable bonds is 10. The minimum absolute atomic E-state index is 0.100. The van der Waals surface area contributed by atoms with Crippen molar-refractivity contribution in [1.29, 1.82) is 0 Å². The summed E-state index contributed by atoms with van der Waals surface area (Å²) in [7, 11) is 0. The first-order valence-electron chi connectivity index (χ1n) is 8.92. The molecule has 1 aliphatic carbocycles. The van der Waals surface area contributed by atoms with Crippen LogP contribution in [0.2, 0.25) is 0 Å². The lowest BCUT2D eigenvalue weighted by molar-refractivity contribution is 0.0951. The lowest BCUT2D eigenvalue weighted by atomic mass is 10.2. The second-order valence-electron chi connectivity index (χ2n) is 6.42. The molecule has 0 unspecified atom stereocenters. The Kier molecular flexibility index (Phi) is 6.40. The number of hydrogen-bond acceptors (Lipinski definition) is 4. The summed E-state index contributed by atoms with van der Waals surface area (Å²) in [5.41, 5.74) is 1.82. The summed E-state index contributed by atoms with van der Waals surface area (Å²) in [5.74, 6) is 1.67. The monoisotopic (exact) mass is 339 g/mol. The van der Waals surface area contributed by atoms with E-state index in [0.717, 1.165) is 31.2 Å². The van der Waals surface area contributed by atoms with Crippen LogP contribution in [0.15, 0.2) is 48.8 Å². The van der Waals surface area contributed by atoms with E-state index in [0.29, 0.717) is 18.7 Å². The molecular weight excluding hydrogens is 314 g/mol. The van der Waals surface area contributed by atoms with Crippen molar-refractivity contribution in [3.05, 3.63) is 59.9 Å². The second kappa shape index (κ2) is 9.18. The van der Waals surface area contributed by atoms with E-state index in [1.807, 2.05) is 12.1 Å². The van der Waals surface area contributed by atoms with Crippen molar-refractivity contribution in [2.45, 2.75) is 25.8 Å². The average Bonchev–Trinajstić information content (AvgIpc) is 3.47. The molecule has 1 saturated carbocycles. The molecule has 0 bridgehead atoms. The molecule has 5 heteroatoms. The van der Waals surface area contributed by atoms with Crippen LogP contribution in [0.3, 0.4) is 0 Å². The van der Waals surface area contributed by atoms with Gasteiger partial charge in [0, 0.05) is 25.5 Å². The zero-order valence-corrected chi connectivity index (χ0v) is 14.4. The summed E-state index contributed by atoms with van der Waals surface area (Å²) < 4.78 is 5.78. The van der Waals surface area contributed by atoms with Gasteiger partial charge >= 0.3 is 0 Å². The van der Waals surface area contributed by atoms with Crippen LogP contribution in [0, 0.1) is 5.92 Å². The third-order valence-corrected chi connectivity index (χ3v) is 4.16. The highest BCUT2D eigenvalue weighted by atomic mass is 16.5. The Morgan fingerprint density at radius 2 is 2.16 bits per heavy atom. The minimum atomic E-state index is -0.100. The maximum Gasteiger partial charge on any atom is 0.252 e. The van der Waals surface area contributed by atoms with Gasteiger partial charge in [0.05, 0.1) is 12.2 Å². The Hall–Kier alpha value is -2.40. The Balaban J connectivity index is 1.32. The van der Waals surface area contributed by atoms with Crippen molar-refractivity contribution in [2.75, 3.05) is 19.7 Å². The Morgan fingerprint density at radius 1 is 1.24 bits per heavy atom. The van der Waals surface area contributed by atoms with Gasteiger partial charge in [-0.1, -0.05) is 12.1 Å². The third-order valence-electron chi connectivity index (χ3n) is 4.16. The third kappa shape index (κ3) is 6.19. The average molecular weight is 339 g/mol. The van der Waals surface area contributed by atoms with Gasteiger partial charge in [-0.05, 0) is 61.6 Å².